The minimum atomic E-state index is 0.176. The van der Waals surface area contributed by atoms with Crippen LogP contribution in [-0.4, -0.2) is 51.4 Å². The van der Waals surface area contributed by atoms with E-state index in [4.69, 9.17) is 0 Å². The summed E-state index contributed by atoms with van der Waals surface area (Å²) in [5.74, 6) is 0.176. The molecule has 2 aromatic rings. The van der Waals surface area contributed by atoms with Crippen molar-refractivity contribution in [1.29, 1.82) is 0 Å². The summed E-state index contributed by atoms with van der Waals surface area (Å²) in [5, 5.41) is 3.26. The first-order valence-electron chi connectivity index (χ1n) is 8.67. The molecule has 128 valence electrons. The van der Waals surface area contributed by atoms with Crippen molar-refractivity contribution >= 4 is 17.2 Å². The Labute approximate surface area is 146 Å². The van der Waals surface area contributed by atoms with Gasteiger partial charge in [0.25, 0.3) is 5.91 Å². The molecule has 0 radical (unpaired) electrons. The van der Waals surface area contributed by atoms with Crippen molar-refractivity contribution in [3.05, 3.63) is 40.6 Å². The Kier molecular flexibility index (Phi) is 4.18. The number of carbonyl (C=O) groups excluding carboxylic acids is 1. The fourth-order valence-corrected chi connectivity index (χ4v) is 4.78. The minimum Gasteiger partial charge on any atom is -0.347 e. The number of thiazole rings is 1. The highest BCUT2D eigenvalue weighted by atomic mass is 32.1. The highest BCUT2D eigenvalue weighted by molar-refractivity contribution is 7.09. The van der Waals surface area contributed by atoms with Crippen LogP contribution in [0.4, 0.5) is 0 Å². The number of piperidine rings is 1. The highest BCUT2D eigenvalue weighted by Gasteiger charge is 2.41. The van der Waals surface area contributed by atoms with E-state index in [1.54, 1.807) is 11.3 Å². The van der Waals surface area contributed by atoms with Crippen LogP contribution in [0.25, 0.3) is 0 Å². The highest BCUT2D eigenvalue weighted by Crippen LogP contribution is 2.41. The van der Waals surface area contributed by atoms with E-state index in [9.17, 15) is 4.79 Å². The van der Waals surface area contributed by atoms with E-state index >= 15 is 0 Å². The number of aromatic nitrogens is 2. The van der Waals surface area contributed by atoms with E-state index in [0.717, 1.165) is 51.3 Å². The molecule has 0 saturated carbocycles. The third-order valence-electron chi connectivity index (χ3n) is 5.63. The lowest BCUT2D eigenvalue weighted by Gasteiger charge is -2.39. The molecule has 2 aliphatic heterocycles. The van der Waals surface area contributed by atoms with Crippen LogP contribution in [0.2, 0.25) is 0 Å². The third-order valence-corrected chi connectivity index (χ3v) is 6.40. The first-order valence-corrected chi connectivity index (χ1v) is 9.55. The van der Waals surface area contributed by atoms with Crippen LogP contribution in [0.5, 0.6) is 0 Å². The molecule has 0 bridgehead atoms. The topological polar surface area (TPSA) is 41.4 Å². The average molecular weight is 344 g/mol. The quantitative estimate of drug-likeness (QED) is 0.859. The van der Waals surface area contributed by atoms with Crippen LogP contribution < -0.4 is 0 Å². The maximum absolute atomic E-state index is 12.6. The van der Waals surface area contributed by atoms with Crippen LogP contribution in [0, 0.1) is 5.41 Å². The summed E-state index contributed by atoms with van der Waals surface area (Å²) in [4.78, 5) is 21.6. The third kappa shape index (κ3) is 3.00. The Morgan fingerprint density at radius 2 is 2.08 bits per heavy atom. The number of nitrogens with zero attached hydrogens (tertiary/aromatic N) is 4. The Morgan fingerprint density at radius 1 is 1.29 bits per heavy atom. The van der Waals surface area contributed by atoms with E-state index in [-0.39, 0.29) is 5.91 Å². The van der Waals surface area contributed by atoms with Gasteiger partial charge in [-0.15, -0.1) is 11.3 Å². The number of amides is 1. The van der Waals surface area contributed by atoms with Gasteiger partial charge in [-0.25, -0.2) is 4.98 Å². The van der Waals surface area contributed by atoms with Crippen LogP contribution in [0.3, 0.4) is 0 Å². The van der Waals surface area contributed by atoms with Gasteiger partial charge < -0.3 is 9.47 Å². The molecular weight excluding hydrogens is 320 g/mol. The molecule has 24 heavy (non-hydrogen) atoms. The average Bonchev–Trinajstić information content (AvgIpc) is 3.31. The van der Waals surface area contributed by atoms with Gasteiger partial charge in [0, 0.05) is 44.5 Å². The molecule has 4 heterocycles. The molecule has 6 heteroatoms. The Bertz CT molecular complexity index is 700. The summed E-state index contributed by atoms with van der Waals surface area (Å²) in [7, 11) is 1.94. The molecule has 0 aromatic carbocycles. The van der Waals surface area contributed by atoms with Crippen molar-refractivity contribution in [2.45, 2.75) is 25.8 Å². The molecule has 0 aliphatic carbocycles. The largest absolute Gasteiger partial charge is 0.347 e. The Balaban J connectivity index is 1.34. The molecular formula is C18H24N4OS. The van der Waals surface area contributed by atoms with Crippen molar-refractivity contribution in [2.24, 2.45) is 12.5 Å². The van der Waals surface area contributed by atoms with Crippen molar-refractivity contribution in [3.8, 4) is 0 Å². The van der Waals surface area contributed by atoms with Crippen molar-refractivity contribution in [2.75, 3.05) is 26.2 Å². The van der Waals surface area contributed by atoms with Gasteiger partial charge in [-0.2, -0.15) is 0 Å². The second-order valence-corrected chi connectivity index (χ2v) is 8.16. The first kappa shape index (κ1) is 15.8. The van der Waals surface area contributed by atoms with Gasteiger partial charge in [0.2, 0.25) is 0 Å². The van der Waals surface area contributed by atoms with Gasteiger partial charge in [-0.1, -0.05) is 0 Å². The Hall–Kier alpha value is -1.66. The molecule has 2 saturated heterocycles. The standard InChI is InChI=1S/C18H24N4OS/c1-20-8-2-3-15(20)17(23)22-10-5-18(6-11-22)4-9-21(14-18)13-16-19-7-12-24-16/h2-3,7-8,12H,4-6,9-11,13-14H2,1H3. The van der Waals surface area contributed by atoms with Gasteiger partial charge in [-0.05, 0) is 43.4 Å². The van der Waals surface area contributed by atoms with E-state index in [1.165, 1.54) is 11.4 Å². The predicted octanol–water partition coefficient (Wildman–Crippen LogP) is 2.61. The number of aryl methyl sites for hydroxylation is 1. The van der Waals surface area contributed by atoms with Gasteiger partial charge in [-0.3, -0.25) is 9.69 Å². The second kappa shape index (κ2) is 6.33. The van der Waals surface area contributed by atoms with Crippen LogP contribution in [0.15, 0.2) is 29.9 Å². The van der Waals surface area contributed by atoms with Crippen LogP contribution in [-0.2, 0) is 13.6 Å². The molecule has 1 spiro atoms. The molecule has 4 rings (SSSR count). The number of rotatable bonds is 3. The Morgan fingerprint density at radius 3 is 2.75 bits per heavy atom. The van der Waals surface area contributed by atoms with Crippen molar-refractivity contribution in [3.63, 3.8) is 0 Å². The number of likely N-dealkylation sites (tertiary alicyclic amines) is 2. The predicted molar refractivity (Wildman–Crippen MR) is 95.0 cm³/mol. The molecule has 0 N–H and O–H groups in total. The van der Waals surface area contributed by atoms with E-state index in [0.29, 0.717) is 5.41 Å². The lowest BCUT2D eigenvalue weighted by Crippen LogP contribution is -2.44. The van der Waals surface area contributed by atoms with Crippen LogP contribution in [0.1, 0.15) is 34.8 Å². The zero-order chi connectivity index (χ0) is 16.6. The van der Waals surface area contributed by atoms with E-state index in [2.05, 4.69) is 15.3 Å². The molecule has 0 unspecified atom stereocenters. The SMILES string of the molecule is Cn1cccc1C(=O)N1CCC2(CCN(Cc3nccs3)C2)CC1. The molecule has 2 fully saturated rings. The lowest BCUT2D eigenvalue weighted by atomic mass is 9.77. The van der Waals surface area contributed by atoms with Gasteiger partial charge in [0.15, 0.2) is 0 Å². The molecule has 1 amide bonds. The maximum Gasteiger partial charge on any atom is 0.270 e. The van der Waals surface area contributed by atoms with E-state index < -0.39 is 0 Å². The molecule has 2 aromatic heterocycles. The van der Waals surface area contributed by atoms with Crippen molar-refractivity contribution in [1.82, 2.24) is 19.4 Å². The molecule has 0 atom stereocenters. The monoisotopic (exact) mass is 344 g/mol. The lowest BCUT2D eigenvalue weighted by molar-refractivity contribution is 0.0579. The summed E-state index contributed by atoms with van der Waals surface area (Å²) in [5.41, 5.74) is 1.20. The van der Waals surface area contributed by atoms with Crippen molar-refractivity contribution < 1.29 is 4.79 Å². The van der Waals surface area contributed by atoms with Gasteiger partial charge in [0.1, 0.15) is 10.7 Å². The number of hydrogen-bond acceptors (Lipinski definition) is 4. The van der Waals surface area contributed by atoms with E-state index in [1.807, 2.05) is 41.0 Å². The summed E-state index contributed by atoms with van der Waals surface area (Å²) < 4.78 is 1.91. The number of carbonyl (C=O) groups is 1. The fourth-order valence-electron chi connectivity index (χ4n) is 4.12. The minimum absolute atomic E-state index is 0.176. The summed E-state index contributed by atoms with van der Waals surface area (Å²) in [6, 6.07) is 3.85. The van der Waals surface area contributed by atoms with Gasteiger partial charge in [0.05, 0.1) is 6.54 Å². The smallest absolute Gasteiger partial charge is 0.270 e. The first-order chi connectivity index (χ1) is 11.7. The number of hydrogen-bond donors (Lipinski definition) is 0. The molecule has 5 nitrogen and oxygen atoms in total. The fraction of sp³-hybridized carbons (Fsp3) is 0.556. The maximum atomic E-state index is 12.6. The summed E-state index contributed by atoms with van der Waals surface area (Å²) in [6.45, 7) is 5.06. The van der Waals surface area contributed by atoms with Gasteiger partial charge >= 0.3 is 0 Å². The normalized spacial score (nSPS) is 20.8. The summed E-state index contributed by atoms with van der Waals surface area (Å²) in [6.07, 6.45) is 7.32. The summed E-state index contributed by atoms with van der Waals surface area (Å²) >= 11 is 1.74. The zero-order valence-corrected chi connectivity index (χ0v) is 15.0. The second-order valence-electron chi connectivity index (χ2n) is 7.18. The zero-order valence-electron chi connectivity index (χ0n) is 14.1. The molecule has 2 aliphatic rings. The van der Waals surface area contributed by atoms with Crippen LogP contribution >= 0.6 is 11.3 Å².